The Morgan fingerprint density at radius 2 is 2.00 bits per heavy atom. The van der Waals surface area contributed by atoms with Crippen molar-refractivity contribution in [1.29, 1.82) is 0 Å². The van der Waals surface area contributed by atoms with Crippen molar-refractivity contribution in [2.24, 2.45) is 4.99 Å². The summed E-state index contributed by atoms with van der Waals surface area (Å²) in [5.41, 5.74) is 0. The molecule has 0 aliphatic carbocycles. The predicted octanol–water partition coefficient (Wildman–Crippen LogP) is 2.02. The first-order chi connectivity index (χ1) is 8.36. The molecule has 104 valence electrons. The molecule has 0 aliphatic rings. The van der Waals surface area contributed by atoms with Gasteiger partial charge < -0.3 is 15.2 Å². The first-order valence-corrected chi connectivity index (χ1v) is 6.05. The van der Waals surface area contributed by atoms with Crippen LogP contribution in [0, 0.1) is 0 Å². The Bertz CT molecular complexity index is 314. The molecule has 1 heterocycles. The van der Waals surface area contributed by atoms with E-state index in [1.54, 1.807) is 0 Å². The minimum Gasteiger partial charge on any atom is -0.357 e. The van der Waals surface area contributed by atoms with Gasteiger partial charge in [-0.25, -0.2) is 0 Å². The van der Waals surface area contributed by atoms with Gasteiger partial charge in [-0.1, -0.05) is 0 Å². The zero-order chi connectivity index (χ0) is 12.3. The first-order valence-electron chi connectivity index (χ1n) is 6.05. The zero-order valence-electron chi connectivity index (χ0n) is 10.7. The van der Waals surface area contributed by atoms with Gasteiger partial charge in [0.1, 0.15) is 0 Å². The van der Waals surface area contributed by atoms with Gasteiger partial charge in [0, 0.05) is 38.6 Å². The van der Waals surface area contributed by atoms with E-state index in [1.165, 1.54) is 0 Å². The molecule has 0 bridgehead atoms. The van der Waals surface area contributed by atoms with Crippen molar-refractivity contribution in [1.82, 2.24) is 15.2 Å². The van der Waals surface area contributed by atoms with Crippen LogP contribution in [0.25, 0.3) is 0 Å². The number of rotatable bonds is 7. The fraction of sp³-hybridized carbons (Fsp3) is 0.583. The van der Waals surface area contributed by atoms with Crippen LogP contribution in [0.2, 0.25) is 0 Å². The van der Waals surface area contributed by atoms with Crippen LogP contribution in [0.3, 0.4) is 0 Å². The highest BCUT2D eigenvalue weighted by molar-refractivity contribution is 14.0. The van der Waals surface area contributed by atoms with E-state index in [0.717, 1.165) is 25.6 Å². The lowest BCUT2D eigenvalue weighted by atomic mass is 10.5. The summed E-state index contributed by atoms with van der Waals surface area (Å²) in [7, 11) is 0. The van der Waals surface area contributed by atoms with Crippen molar-refractivity contribution < 1.29 is 4.39 Å². The van der Waals surface area contributed by atoms with Crippen molar-refractivity contribution in [2.75, 3.05) is 26.3 Å². The lowest BCUT2D eigenvalue weighted by Gasteiger charge is -2.11. The van der Waals surface area contributed by atoms with E-state index in [2.05, 4.69) is 20.2 Å². The quantitative estimate of drug-likeness (QED) is 0.335. The van der Waals surface area contributed by atoms with Gasteiger partial charge in [0.25, 0.3) is 0 Å². The summed E-state index contributed by atoms with van der Waals surface area (Å²) in [6, 6.07) is 4.00. The van der Waals surface area contributed by atoms with Crippen molar-refractivity contribution in [3.8, 4) is 0 Å². The molecule has 0 saturated carbocycles. The van der Waals surface area contributed by atoms with Crippen LogP contribution in [0.5, 0.6) is 0 Å². The van der Waals surface area contributed by atoms with Crippen molar-refractivity contribution in [2.45, 2.75) is 19.9 Å². The van der Waals surface area contributed by atoms with E-state index < -0.39 is 0 Å². The standard InChI is InChI=1S/C12H21FN4.HI/c1-2-14-12(15-7-5-6-13)16-8-11-17-9-3-4-10-17;/h3-4,9-10H,2,5-8,11H2,1H3,(H2,14,15,16);1H. The molecule has 0 amide bonds. The molecule has 2 N–H and O–H groups in total. The Morgan fingerprint density at radius 3 is 2.61 bits per heavy atom. The Balaban J connectivity index is 0.00000289. The van der Waals surface area contributed by atoms with Crippen LogP contribution in [0.15, 0.2) is 29.5 Å². The van der Waals surface area contributed by atoms with E-state index in [0.29, 0.717) is 13.0 Å². The van der Waals surface area contributed by atoms with Crippen LogP contribution < -0.4 is 10.6 Å². The molecule has 1 aromatic heterocycles. The van der Waals surface area contributed by atoms with E-state index in [4.69, 9.17) is 0 Å². The molecule has 0 saturated heterocycles. The highest BCUT2D eigenvalue weighted by atomic mass is 127. The maximum Gasteiger partial charge on any atom is 0.191 e. The van der Waals surface area contributed by atoms with E-state index in [1.807, 2.05) is 31.5 Å². The average Bonchev–Trinajstić information content (AvgIpc) is 2.82. The van der Waals surface area contributed by atoms with Crippen LogP contribution in [0.4, 0.5) is 4.39 Å². The molecule has 0 radical (unpaired) electrons. The second kappa shape index (κ2) is 11.3. The van der Waals surface area contributed by atoms with Crippen LogP contribution in [-0.2, 0) is 6.54 Å². The van der Waals surface area contributed by atoms with Gasteiger partial charge in [-0.05, 0) is 25.5 Å². The van der Waals surface area contributed by atoms with Crippen LogP contribution >= 0.6 is 24.0 Å². The lowest BCUT2D eigenvalue weighted by molar-refractivity contribution is 0.477. The minimum atomic E-state index is -0.313. The summed E-state index contributed by atoms with van der Waals surface area (Å²) < 4.78 is 14.0. The third-order valence-corrected chi connectivity index (χ3v) is 2.23. The Morgan fingerprint density at radius 1 is 1.28 bits per heavy atom. The maximum absolute atomic E-state index is 12.0. The highest BCUT2D eigenvalue weighted by Crippen LogP contribution is 1.88. The lowest BCUT2D eigenvalue weighted by Crippen LogP contribution is -2.38. The number of halogens is 2. The zero-order valence-corrected chi connectivity index (χ0v) is 13.1. The Kier molecular flexibility index (Phi) is 10.8. The van der Waals surface area contributed by atoms with Gasteiger partial charge in [-0.3, -0.25) is 9.38 Å². The molecule has 1 rings (SSSR count). The smallest absolute Gasteiger partial charge is 0.191 e. The summed E-state index contributed by atoms with van der Waals surface area (Å²) in [6.45, 7) is 4.72. The SMILES string of the molecule is CCNC(=NCCCF)NCCn1cccc1.I. The normalized spacial score (nSPS) is 10.9. The number of hydrogen-bond donors (Lipinski definition) is 2. The molecule has 1 aromatic rings. The second-order valence-electron chi connectivity index (χ2n) is 3.65. The molecule has 0 aliphatic heterocycles. The summed E-state index contributed by atoms with van der Waals surface area (Å²) >= 11 is 0. The van der Waals surface area contributed by atoms with Gasteiger partial charge in [0.2, 0.25) is 0 Å². The molecule has 18 heavy (non-hydrogen) atoms. The van der Waals surface area contributed by atoms with E-state index in [-0.39, 0.29) is 30.7 Å². The molecule has 0 fully saturated rings. The number of alkyl halides is 1. The predicted molar refractivity (Wildman–Crippen MR) is 84.4 cm³/mol. The molecule has 6 heteroatoms. The fourth-order valence-electron chi connectivity index (χ4n) is 1.42. The summed E-state index contributed by atoms with van der Waals surface area (Å²) in [5.74, 6) is 0.758. The average molecular weight is 368 g/mol. The summed E-state index contributed by atoms with van der Waals surface area (Å²) in [6.07, 6.45) is 4.53. The largest absolute Gasteiger partial charge is 0.357 e. The number of nitrogens with one attached hydrogen (secondary N) is 2. The van der Waals surface area contributed by atoms with Gasteiger partial charge in [-0.15, -0.1) is 24.0 Å². The maximum atomic E-state index is 12.0. The number of hydrogen-bond acceptors (Lipinski definition) is 1. The molecule has 0 atom stereocenters. The van der Waals surface area contributed by atoms with Crippen LogP contribution in [-0.4, -0.2) is 36.8 Å². The topological polar surface area (TPSA) is 41.4 Å². The molecule has 0 aromatic carbocycles. The Hall–Kier alpha value is -0.790. The number of guanidine groups is 1. The summed E-state index contributed by atoms with van der Waals surface area (Å²) in [5, 5.41) is 6.34. The molecule has 0 spiro atoms. The molecular formula is C12H22FIN4. The van der Waals surface area contributed by atoms with Gasteiger partial charge in [-0.2, -0.15) is 0 Å². The van der Waals surface area contributed by atoms with E-state index in [9.17, 15) is 4.39 Å². The van der Waals surface area contributed by atoms with Gasteiger partial charge in [0.05, 0.1) is 6.67 Å². The molecular weight excluding hydrogens is 346 g/mol. The van der Waals surface area contributed by atoms with Crippen LogP contribution in [0.1, 0.15) is 13.3 Å². The van der Waals surface area contributed by atoms with E-state index >= 15 is 0 Å². The molecule has 4 nitrogen and oxygen atoms in total. The monoisotopic (exact) mass is 368 g/mol. The summed E-state index contributed by atoms with van der Waals surface area (Å²) in [4.78, 5) is 4.27. The minimum absolute atomic E-state index is 0. The van der Waals surface area contributed by atoms with Crippen molar-refractivity contribution in [3.05, 3.63) is 24.5 Å². The first kappa shape index (κ1) is 17.2. The number of aromatic nitrogens is 1. The van der Waals surface area contributed by atoms with Gasteiger partial charge >= 0.3 is 0 Å². The molecule has 0 unspecified atom stereocenters. The van der Waals surface area contributed by atoms with Crippen molar-refractivity contribution >= 4 is 29.9 Å². The third-order valence-electron chi connectivity index (χ3n) is 2.23. The Labute approximate surface area is 125 Å². The third kappa shape index (κ3) is 7.52. The van der Waals surface area contributed by atoms with Gasteiger partial charge in [0.15, 0.2) is 5.96 Å². The highest BCUT2D eigenvalue weighted by Gasteiger charge is 1.96. The number of aliphatic imine (C=N–C) groups is 1. The second-order valence-corrected chi connectivity index (χ2v) is 3.65. The van der Waals surface area contributed by atoms with Crippen molar-refractivity contribution in [3.63, 3.8) is 0 Å². The number of nitrogens with zero attached hydrogens (tertiary/aromatic N) is 2. The fourth-order valence-corrected chi connectivity index (χ4v) is 1.42.